The number of para-hydroxylation sites is 1. The number of pyridine rings is 2. The van der Waals surface area contributed by atoms with Crippen LogP contribution in [0.25, 0.3) is 122 Å². The average molecular weight is 1130 g/mol. The van der Waals surface area contributed by atoms with E-state index in [4.69, 9.17) is 13.8 Å². The number of hydrogen-bond donors (Lipinski definition) is 0. The third-order valence-corrected chi connectivity index (χ3v) is 16.9. The Kier molecular flexibility index (Phi) is 13.1. The van der Waals surface area contributed by atoms with Crippen molar-refractivity contribution in [3.63, 3.8) is 0 Å². The van der Waals surface area contributed by atoms with E-state index in [1.165, 1.54) is 11.1 Å². The summed E-state index contributed by atoms with van der Waals surface area (Å²) in [6.45, 7) is 0. The fraction of sp³-hybridized carbons (Fsp3) is 0. The van der Waals surface area contributed by atoms with Crippen LogP contribution in [0.2, 0.25) is 0 Å². The molecule has 6 heteroatoms. The van der Waals surface area contributed by atoms with E-state index in [0.29, 0.717) is 0 Å². The molecule has 16 rings (SSSR count). The van der Waals surface area contributed by atoms with Gasteiger partial charge >= 0.3 is 0 Å². The molecule has 0 radical (unpaired) electrons. The van der Waals surface area contributed by atoms with E-state index in [-0.39, 0.29) is 0 Å². The number of furan rings is 2. The van der Waals surface area contributed by atoms with Crippen molar-refractivity contribution in [3.8, 4) is 77.9 Å². The summed E-state index contributed by atoms with van der Waals surface area (Å²) >= 11 is 0. The zero-order valence-corrected chi connectivity index (χ0v) is 47.8. The van der Waals surface area contributed by atoms with Gasteiger partial charge in [-0.2, -0.15) is 0 Å². The second-order valence-electron chi connectivity index (χ2n) is 22.1. The van der Waals surface area contributed by atoms with E-state index < -0.39 is 0 Å². The molecule has 4 aromatic heterocycles. The van der Waals surface area contributed by atoms with Crippen LogP contribution in [-0.2, 0) is 0 Å². The van der Waals surface area contributed by atoms with Gasteiger partial charge in [-0.25, -0.2) is 4.98 Å². The van der Waals surface area contributed by atoms with Gasteiger partial charge in [-0.05, 0) is 169 Å². The van der Waals surface area contributed by atoms with Crippen LogP contribution in [0.5, 0.6) is 0 Å². The minimum absolute atomic E-state index is 0.741. The van der Waals surface area contributed by atoms with Gasteiger partial charge in [-0.15, -0.1) is 0 Å². The lowest BCUT2D eigenvalue weighted by Gasteiger charge is -2.26. The molecule has 0 bridgehead atoms. The lowest BCUT2D eigenvalue weighted by Crippen LogP contribution is -2.10. The standard InChI is InChI=1S/C82H54N4O2/c1-4-15-55(16-5-1)57-27-36-65(37-28-57)85(69-44-46-74-75-47-48-83-54-81(75)88-79(74)51-69)66-40-31-60(32-41-66)71-23-10-11-24-72(71)64-22-14-21-62(49-64)63-35-45-73(59-19-8-3-9-20-59)77(50-63)61-33-42-68(43-34-61)86(67-38-29-58(30-39-67)56-17-6-2-7-18-56)70-52-80-82(84-53-70)76-25-12-13-26-78(76)87-80/h1-54H. The predicted molar refractivity (Wildman–Crippen MR) is 364 cm³/mol. The Balaban J connectivity index is 0.737. The van der Waals surface area contributed by atoms with Crippen LogP contribution in [0, 0.1) is 0 Å². The first kappa shape index (κ1) is 51.8. The van der Waals surface area contributed by atoms with Crippen molar-refractivity contribution in [3.05, 3.63) is 328 Å². The second kappa shape index (κ2) is 22.3. The molecule has 0 saturated heterocycles. The third kappa shape index (κ3) is 9.71. The minimum Gasteiger partial charge on any atom is -0.454 e. The zero-order chi connectivity index (χ0) is 58.3. The lowest BCUT2D eigenvalue weighted by atomic mass is 9.89. The van der Waals surface area contributed by atoms with E-state index >= 15 is 0 Å². The molecule has 0 amide bonds. The molecule has 0 atom stereocenters. The molecule has 0 aliphatic carbocycles. The highest BCUT2D eigenvalue weighted by molar-refractivity contribution is 6.06. The molecule has 0 aliphatic heterocycles. The van der Waals surface area contributed by atoms with E-state index in [2.05, 4.69) is 300 Å². The Bertz CT molecular complexity index is 5180. The van der Waals surface area contributed by atoms with Gasteiger partial charge in [0.1, 0.15) is 16.7 Å². The summed E-state index contributed by atoms with van der Waals surface area (Å²) in [6.07, 6.45) is 5.55. The SMILES string of the molecule is c1ccc(-c2ccc(N(c3ccc(-c4ccccc4-c4cccc(-c5ccc(-c6ccccc6)c(-c6ccc(N(c7ccc(-c8ccccc8)cc7)c7cnc8c(c7)oc7ccccc78)cc6)c5)c4)cc3)c3ccc4c(c3)oc3cnccc34)cc2)cc1. The van der Waals surface area contributed by atoms with Crippen molar-refractivity contribution in [2.24, 2.45) is 0 Å². The van der Waals surface area contributed by atoms with Crippen LogP contribution in [0.1, 0.15) is 0 Å². The number of fused-ring (bicyclic) bond motifs is 6. The smallest absolute Gasteiger partial charge is 0.155 e. The predicted octanol–water partition coefficient (Wildman–Crippen LogP) is 22.9. The highest BCUT2D eigenvalue weighted by atomic mass is 16.3. The Hall–Kier alpha value is -11.9. The maximum Gasteiger partial charge on any atom is 0.155 e. The number of hydrogen-bond acceptors (Lipinski definition) is 6. The van der Waals surface area contributed by atoms with E-state index in [1.54, 1.807) is 6.20 Å². The maximum absolute atomic E-state index is 6.40. The van der Waals surface area contributed by atoms with Gasteiger partial charge in [0.15, 0.2) is 11.2 Å². The molecule has 88 heavy (non-hydrogen) atoms. The van der Waals surface area contributed by atoms with Gasteiger partial charge < -0.3 is 18.6 Å². The summed E-state index contributed by atoms with van der Waals surface area (Å²) in [5.41, 5.74) is 26.0. The van der Waals surface area contributed by atoms with Crippen LogP contribution < -0.4 is 9.80 Å². The summed E-state index contributed by atoms with van der Waals surface area (Å²) in [5, 5.41) is 3.11. The topological polar surface area (TPSA) is 58.5 Å². The van der Waals surface area contributed by atoms with Crippen LogP contribution in [0.15, 0.2) is 337 Å². The highest BCUT2D eigenvalue weighted by Crippen LogP contribution is 2.44. The first-order chi connectivity index (χ1) is 43.6. The Morgan fingerprint density at radius 1 is 0.227 bits per heavy atom. The summed E-state index contributed by atoms with van der Waals surface area (Å²) < 4.78 is 12.8. The molecule has 0 aliphatic rings. The normalized spacial score (nSPS) is 11.4. The lowest BCUT2D eigenvalue weighted by molar-refractivity contribution is 0.667. The van der Waals surface area contributed by atoms with Crippen molar-refractivity contribution in [1.29, 1.82) is 0 Å². The molecule has 0 N–H and O–H groups in total. The van der Waals surface area contributed by atoms with Crippen molar-refractivity contribution in [1.82, 2.24) is 9.97 Å². The van der Waals surface area contributed by atoms with Crippen molar-refractivity contribution in [2.75, 3.05) is 9.80 Å². The molecular weight excluding hydrogens is 1070 g/mol. The largest absolute Gasteiger partial charge is 0.454 e. The molecular formula is C82H54N4O2. The maximum atomic E-state index is 6.40. The number of nitrogens with zero attached hydrogens (tertiary/aromatic N) is 4. The van der Waals surface area contributed by atoms with Crippen molar-refractivity contribution >= 4 is 78.1 Å². The monoisotopic (exact) mass is 1130 g/mol. The van der Waals surface area contributed by atoms with Gasteiger partial charge in [0, 0.05) is 62.9 Å². The Morgan fingerprint density at radius 3 is 1.31 bits per heavy atom. The first-order valence-electron chi connectivity index (χ1n) is 29.7. The third-order valence-electron chi connectivity index (χ3n) is 16.9. The molecule has 16 aromatic rings. The fourth-order valence-corrected chi connectivity index (χ4v) is 12.5. The quantitative estimate of drug-likeness (QED) is 0.115. The molecule has 4 heterocycles. The van der Waals surface area contributed by atoms with Gasteiger partial charge in [0.2, 0.25) is 0 Å². The van der Waals surface area contributed by atoms with E-state index in [1.807, 2.05) is 36.7 Å². The van der Waals surface area contributed by atoms with E-state index in [9.17, 15) is 0 Å². The van der Waals surface area contributed by atoms with Gasteiger partial charge in [0.05, 0.1) is 18.1 Å². The molecule has 0 unspecified atom stereocenters. The van der Waals surface area contributed by atoms with Gasteiger partial charge in [-0.1, -0.05) is 206 Å². The molecule has 6 nitrogen and oxygen atoms in total. The summed E-state index contributed by atoms with van der Waals surface area (Å²) in [7, 11) is 0. The second-order valence-corrected chi connectivity index (χ2v) is 22.1. The number of aromatic nitrogens is 2. The molecule has 0 fully saturated rings. The summed E-state index contributed by atoms with van der Waals surface area (Å²) in [4.78, 5) is 13.9. The van der Waals surface area contributed by atoms with Crippen LogP contribution in [0.4, 0.5) is 34.1 Å². The minimum atomic E-state index is 0.741. The zero-order valence-electron chi connectivity index (χ0n) is 47.8. The van der Waals surface area contributed by atoms with Crippen molar-refractivity contribution < 1.29 is 8.83 Å². The van der Waals surface area contributed by atoms with Gasteiger partial charge in [0.25, 0.3) is 0 Å². The number of rotatable bonds is 13. The van der Waals surface area contributed by atoms with Crippen LogP contribution >= 0.6 is 0 Å². The van der Waals surface area contributed by atoms with E-state index in [0.717, 1.165) is 145 Å². The fourth-order valence-electron chi connectivity index (χ4n) is 12.5. The molecule has 12 aromatic carbocycles. The number of benzene rings is 12. The Labute approximate surface area is 509 Å². The summed E-state index contributed by atoms with van der Waals surface area (Å²) in [5.74, 6) is 0. The average Bonchev–Trinajstić information content (AvgIpc) is 2.34. The molecule has 0 spiro atoms. The van der Waals surface area contributed by atoms with Crippen LogP contribution in [-0.4, -0.2) is 9.97 Å². The van der Waals surface area contributed by atoms with Crippen molar-refractivity contribution in [2.45, 2.75) is 0 Å². The highest BCUT2D eigenvalue weighted by Gasteiger charge is 2.21. The molecule has 0 saturated carbocycles. The number of anilines is 6. The van der Waals surface area contributed by atoms with Crippen LogP contribution in [0.3, 0.4) is 0 Å². The van der Waals surface area contributed by atoms with Gasteiger partial charge in [-0.3, -0.25) is 4.98 Å². The summed E-state index contributed by atoms with van der Waals surface area (Å²) in [6, 6.07) is 110. The first-order valence-corrected chi connectivity index (χ1v) is 29.7. The molecule has 414 valence electrons. The Morgan fingerprint density at radius 2 is 0.659 bits per heavy atom.